The molecular formula is C10H13O4P. The van der Waals surface area contributed by atoms with E-state index in [1.807, 2.05) is 6.07 Å². The summed E-state index contributed by atoms with van der Waals surface area (Å²) in [5.74, 6) is 0.798. The van der Waals surface area contributed by atoms with Crippen molar-refractivity contribution in [1.82, 2.24) is 0 Å². The van der Waals surface area contributed by atoms with E-state index in [4.69, 9.17) is 19.0 Å². The lowest BCUT2D eigenvalue weighted by atomic mass is 10.1. The molecule has 0 aliphatic carbocycles. The van der Waals surface area contributed by atoms with E-state index in [0.717, 1.165) is 12.0 Å². The van der Waals surface area contributed by atoms with Crippen LogP contribution in [0.5, 0.6) is 11.5 Å². The Labute approximate surface area is 89.8 Å². The van der Waals surface area contributed by atoms with Gasteiger partial charge in [0.2, 0.25) is 0 Å². The predicted octanol–water partition coefficient (Wildman–Crippen LogP) is 2.01. The van der Waals surface area contributed by atoms with Crippen molar-refractivity contribution in [2.75, 3.05) is 7.11 Å². The van der Waals surface area contributed by atoms with E-state index in [1.54, 1.807) is 18.2 Å². The van der Waals surface area contributed by atoms with Gasteiger partial charge in [0.1, 0.15) is 0 Å². The molecule has 15 heavy (non-hydrogen) atoms. The standard InChI is InChI=1S/C10H13O4P/c1-3-4-8-5-6-9(14-15(11)12)10(7-8)13-2/h3,5-7,11-12H,1,4H2,2H3. The number of allylic oxidation sites excluding steroid dienone is 1. The van der Waals surface area contributed by atoms with E-state index in [0.29, 0.717) is 11.5 Å². The molecule has 5 heteroatoms. The fourth-order valence-corrected chi connectivity index (χ4v) is 1.50. The number of hydrogen-bond donors (Lipinski definition) is 2. The third kappa shape index (κ3) is 3.51. The maximum Gasteiger partial charge on any atom is 0.391 e. The molecule has 2 N–H and O–H groups in total. The van der Waals surface area contributed by atoms with Gasteiger partial charge in [0.05, 0.1) is 7.11 Å². The zero-order chi connectivity index (χ0) is 11.3. The Hall–Kier alpha value is -1.09. The highest BCUT2D eigenvalue weighted by Crippen LogP contribution is 2.36. The molecule has 0 aliphatic heterocycles. The van der Waals surface area contributed by atoms with E-state index in [1.165, 1.54) is 7.11 Å². The van der Waals surface area contributed by atoms with Gasteiger partial charge < -0.3 is 19.0 Å². The van der Waals surface area contributed by atoms with Gasteiger partial charge in [-0.1, -0.05) is 12.1 Å². The highest BCUT2D eigenvalue weighted by molar-refractivity contribution is 7.39. The third-order valence-electron chi connectivity index (χ3n) is 1.79. The zero-order valence-electron chi connectivity index (χ0n) is 8.38. The van der Waals surface area contributed by atoms with Gasteiger partial charge in [-0.15, -0.1) is 6.58 Å². The van der Waals surface area contributed by atoms with Crippen LogP contribution in [0.15, 0.2) is 30.9 Å². The van der Waals surface area contributed by atoms with Gasteiger partial charge in [-0.2, -0.15) is 0 Å². The summed E-state index contributed by atoms with van der Waals surface area (Å²) in [4.78, 5) is 17.4. The first-order valence-electron chi connectivity index (χ1n) is 4.31. The second-order valence-corrected chi connectivity index (χ2v) is 3.51. The first-order chi connectivity index (χ1) is 7.17. The summed E-state index contributed by atoms with van der Waals surface area (Å²) in [6.45, 7) is 3.63. The van der Waals surface area contributed by atoms with Crippen molar-refractivity contribution >= 4 is 8.60 Å². The Morgan fingerprint density at radius 1 is 1.40 bits per heavy atom. The second-order valence-electron chi connectivity index (χ2n) is 2.82. The van der Waals surface area contributed by atoms with Crippen LogP contribution in [0.2, 0.25) is 0 Å². The smallest absolute Gasteiger partial charge is 0.391 e. The number of benzene rings is 1. The largest absolute Gasteiger partial charge is 0.493 e. The Bertz CT molecular complexity index is 338. The van der Waals surface area contributed by atoms with Crippen molar-refractivity contribution in [2.45, 2.75) is 6.42 Å². The molecule has 0 radical (unpaired) electrons. The van der Waals surface area contributed by atoms with Gasteiger partial charge in [0, 0.05) is 0 Å². The van der Waals surface area contributed by atoms with Crippen LogP contribution in [-0.4, -0.2) is 16.9 Å². The molecule has 0 amide bonds. The van der Waals surface area contributed by atoms with Crippen molar-refractivity contribution < 1.29 is 19.0 Å². The first-order valence-corrected chi connectivity index (χ1v) is 5.47. The van der Waals surface area contributed by atoms with E-state index >= 15 is 0 Å². The van der Waals surface area contributed by atoms with Crippen molar-refractivity contribution in [3.05, 3.63) is 36.4 Å². The number of methoxy groups -OCH3 is 1. The summed E-state index contributed by atoms with van der Waals surface area (Å²) in [6.07, 6.45) is 2.50. The van der Waals surface area contributed by atoms with Crippen LogP contribution >= 0.6 is 8.60 Å². The molecule has 1 aromatic carbocycles. The van der Waals surface area contributed by atoms with Crippen LogP contribution in [0.25, 0.3) is 0 Å². The van der Waals surface area contributed by atoms with Gasteiger partial charge in [-0.3, -0.25) is 0 Å². The molecule has 4 nitrogen and oxygen atoms in total. The third-order valence-corrected chi connectivity index (χ3v) is 2.15. The minimum atomic E-state index is -2.42. The monoisotopic (exact) mass is 228 g/mol. The zero-order valence-corrected chi connectivity index (χ0v) is 9.28. The van der Waals surface area contributed by atoms with Crippen molar-refractivity contribution in [3.63, 3.8) is 0 Å². The summed E-state index contributed by atoms with van der Waals surface area (Å²) < 4.78 is 9.86. The fraction of sp³-hybridized carbons (Fsp3) is 0.200. The van der Waals surface area contributed by atoms with Crippen LogP contribution in [0.1, 0.15) is 5.56 Å². The van der Waals surface area contributed by atoms with E-state index in [2.05, 4.69) is 6.58 Å². The molecule has 0 aromatic heterocycles. The number of rotatable bonds is 5. The molecule has 0 bridgehead atoms. The Morgan fingerprint density at radius 3 is 2.67 bits per heavy atom. The van der Waals surface area contributed by atoms with Gasteiger partial charge in [0.25, 0.3) is 0 Å². The topological polar surface area (TPSA) is 58.9 Å². The Balaban J connectivity index is 2.92. The van der Waals surface area contributed by atoms with E-state index < -0.39 is 8.60 Å². The maximum absolute atomic E-state index is 8.72. The van der Waals surface area contributed by atoms with Crippen molar-refractivity contribution in [3.8, 4) is 11.5 Å². The summed E-state index contributed by atoms with van der Waals surface area (Å²) in [7, 11) is -0.919. The Morgan fingerprint density at radius 2 is 2.13 bits per heavy atom. The molecule has 0 saturated carbocycles. The summed E-state index contributed by atoms with van der Waals surface area (Å²) >= 11 is 0. The molecule has 0 atom stereocenters. The van der Waals surface area contributed by atoms with E-state index in [9.17, 15) is 0 Å². The molecule has 0 saturated heterocycles. The molecule has 1 rings (SSSR count). The molecule has 0 spiro atoms. The summed E-state index contributed by atoms with van der Waals surface area (Å²) in [5.41, 5.74) is 1.02. The Kier molecular flexibility index (Phi) is 4.56. The lowest BCUT2D eigenvalue weighted by Crippen LogP contribution is -1.92. The molecule has 82 valence electrons. The van der Waals surface area contributed by atoms with Crippen LogP contribution < -0.4 is 9.26 Å². The van der Waals surface area contributed by atoms with Gasteiger partial charge in [-0.05, 0) is 24.1 Å². The van der Waals surface area contributed by atoms with Crippen molar-refractivity contribution in [1.29, 1.82) is 0 Å². The normalized spacial score (nSPS) is 10.1. The molecule has 0 aliphatic rings. The quantitative estimate of drug-likeness (QED) is 0.598. The molecule has 0 heterocycles. The molecule has 1 aromatic rings. The number of ether oxygens (including phenoxy) is 1. The van der Waals surface area contributed by atoms with E-state index in [-0.39, 0.29) is 0 Å². The molecule has 0 unspecified atom stereocenters. The summed E-state index contributed by atoms with van der Waals surface area (Å²) in [5, 5.41) is 0. The van der Waals surface area contributed by atoms with Crippen LogP contribution in [0.3, 0.4) is 0 Å². The fourth-order valence-electron chi connectivity index (χ4n) is 1.17. The van der Waals surface area contributed by atoms with Crippen LogP contribution in [0.4, 0.5) is 0 Å². The maximum atomic E-state index is 8.72. The second kappa shape index (κ2) is 5.71. The summed E-state index contributed by atoms with van der Waals surface area (Å²) in [6, 6.07) is 5.23. The average molecular weight is 228 g/mol. The van der Waals surface area contributed by atoms with Crippen molar-refractivity contribution in [2.24, 2.45) is 0 Å². The highest BCUT2D eigenvalue weighted by Gasteiger charge is 2.09. The minimum Gasteiger partial charge on any atom is -0.493 e. The predicted molar refractivity (Wildman–Crippen MR) is 58.9 cm³/mol. The highest BCUT2D eigenvalue weighted by atomic mass is 31.2. The number of hydrogen-bond acceptors (Lipinski definition) is 4. The van der Waals surface area contributed by atoms with Gasteiger partial charge in [0.15, 0.2) is 11.5 Å². The van der Waals surface area contributed by atoms with Crippen LogP contribution in [-0.2, 0) is 6.42 Å². The SMILES string of the molecule is C=CCc1ccc(OP(O)O)c(OC)c1. The minimum absolute atomic E-state index is 0.321. The van der Waals surface area contributed by atoms with Gasteiger partial charge >= 0.3 is 8.60 Å². The lowest BCUT2D eigenvalue weighted by molar-refractivity contribution is 0.351. The van der Waals surface area contributed by atoms with Crippen LogP contribution in [0, 0.1) is 0 Å². The lowest BCUT2D eigenvalue weighted by Gasteiger charge is -2.11. The first kappa shape index (κ1) is 12.0. The average Bonchev–Trinajstić information content (AvgIpc) is 2.20. The van der Waals surface area contributed by atoms with Gasteiger partial charge in [-0.25, -0.2) is 0 Å². The molecular weight excluding hydrogens is 215 g/mol. The molecule has 0 fully saturated rings.